The van der Waals surface area contributed by atoms with Gasteiger partial charge in [-0.15, -0.1) is 2.55 Å². The van der Waals surface area contributed by atoms with E-state index < -0.39 is 31.1 Å². The van der Waals surface area contributed by atoms with Crippen LogP contribution >= 0.6 is 21.0 Å². The number of benzene rings is 2. The van der Waals surface area contributed by atoms with E-state index in [1.165, 1.54) is 22.3 Å². The minimum atomic E-state index is -3.60. The van der Waals surface area contributed by atoms with Gasteiger partial charge in [0.25, 0.3) is 10.0 Å². The van der Waals surface area contributed by atoms with Gasteiger partial charge in [0, 0.05) is 24.6 Å². The highest BCUT2D eigenvalue weighted by Crippen LogP contribution is 2.36. The molecule has 0 aliphatic carbocycles. The van der Waals surface area contributed by atoms with Crippen LogP contribution in [0.5, 0.6) is 0 Å². The second kappa shape index (κ2) is 7.27. The molecule has 2 aromatic rings. The number of hydrogen-bond acceptors (Lipinski definition) is 2. The molecule has 0 atom stereocenters. The molecule has 2 rings (SSSR count). The summed E-state index contributed by atoms with van der Waals surface area (Å²) in [5.74, 6) is 0. The summed E-state index contributed by atoms with van der Waals surface area (Å²) >= 11 is -0.999. The van der Waals surface area contributed by atoms with Crippen molar-refractivity contribution >= 4 is 31.1 Å². The SMILES string of the molecule is Cc1ccc(S(=O)(=O)N=Ic2c(C(C)(C)C)cc(C)c(C)c2C)cc1. The lowest BCUT2D eigenvalue weighted by Gasteiger charge is -2.24. The molecular formula is C20H26INO2S. The maximum absolute atomic E-state index is 12.6. The predicted molar refractivity (Wildman–Crippen MR) is 113 cm³/mol. The van der Waals surface area contributed by atoms with E-state index in [4.69, 9.17) is 0 Å². The van der Waals surface area contributed by atoms with Crippen molar-refractivity contribution in [3.63, 3.8) is 0 Å². The van der Waals surface area contributed by atoms with E-state index in [9.17, 15) is 8.42 Å². The molecule has 0 saturated heterocycles. The van der Waals surface area contributed by atoms with Gasteiger partial charge in [-0.1, -0.05) is 44.5 Å². The topological polar surface area (TPSA) is 46.5 Å². The molecule has 0 N–H and O–H groups in total. The van der Waals surface area contributed by atoms with Crippen LogP contribution < -0.4 is 0 Å². The lowest BCUT2D eigenvalue weighted by molar-refractivity contribution is 0.585. The molecule has 0 amide bonds. The van der Waals surface area contributed by atoms with Gasteiger partial charge in [0.1, 0.15) is 0 Å². The average molecular weight is 471 g/mol. The number of sulfonamides is 1. The molecule has 25 heavy (non-hydrogen) atoms. The fourth-order valence-electron chi connectivity index (χ4n) is 2.54. The second-order valence-electron chi connectivity index (χ2n) is 7.50. The lowest BCUT2D eigenvalue weighted by atomic mass is 9.84. The Bertz CT molecular complexity index is 922. The van der Waals surface area contributed by atoms with Crippen molar-refractivity contribution in [1.82, 2.24) is 0 Å². The van der Waals surface area contributed by atoms with E-state index in [0.717, 1.165) is 9.13 Å². The summed E-state index contributed by atoms with van der Waals surface area (Å²) in [4.78, 5) is 0.275. The average Bonchev–Trinajstić information content (AvgIpc) is 2.51. The number of hydrogen-bond donors (Lipinski definition) is 0. The third-order valence-corrected chi connectivity index (χ3v) is 9.56. The molecule has 0 spiro atoms. The van der Waals surface area contributed by atoms with Crippen molar-refractivity contribution in [2.45, 2.75) is 58.8 Å². The first kappa shape index (κ1) is 20.2. The van der Waals surface area contributed by atoms with Gasteiger partial charge >= 0.3 is 0 Å². The van der Waals surface area contributed by atoms with Crippen molar-refractivity contribution in [2.24, 2.45) is 2.55 Å². The molecule has 0 bridgehead atoms. The van der Waals surface area contributed by atoms with Gasteiger partial charge in [0.05, 0.1) is 4.90 Å². The van der Waals surface area contributed by atoms with Gasteiger partial charge < -0.3 is 0 Å². The monoisotopic (exact) mass is 471 g/mol. The Morgan fingerprint density at radius 2 is 1.48 bits per heavy atom. The normalized spacial score (nSPS) is 13.1. The Balaban J connectivity index is 2.57. The van der Waals surface area contributed by atoms with Gasteiger partial charge in [-0.25, -0.2) is 0 Å². The zero-order valence-corrected chi connectivity index (χ0v) is 18.9. The smallest absolute Gasteiger partial charge is 0.199 e. The van der Waals surface area contributed by atoms with E-state index in [-0.39, 0.29) is 10.3 Å². The minimum absolute atomic E-state index is 0.0403. The van der Waals surface area contributed by atoms with Gasteiger partial charge in [0.2, 0.25) is 0 Å². The third-order valence-electron chi connectivity index (χ3n) is 4.42. The van der Waals surface area contributed by atoms with Gasteiger partial charge in [-0.2, -0.15) is 8.42 Å². The van der Waals surface area contributed by atoms with Crippen molar-refractivity contribution in [2.75, 3.05) is 0 Å². The molecule has 0 fully saturated rings. The van der Waals surface area contributed by atoms with Crippen molar-refractivity contribution in [3.05, 3.63) is 61.7 Å². The Morgan fingerprint density at radius 3 is 2.00 bits per heavy atom. The quantitative estimate of drug-likeness (QED) is 0.521. The lowest BCUT2D eigenvalue weighted by Crippen LogP contribution is -2.15. The van der Waals surface area contributed by atoms with Crippen molar-refractivity contribution in [3.8, 4) is 0 Å². The van der Waals surface area contributed by atoms with Crippen LogP contribution in [0.25, 0.3) is 0 Å². The molecular weight excluding hydrogens is 445 g/mol. The van der Waals surface area contributed by atoms with Crippen LogP contribution in [0, 0.1) is 31.3 Å². The first-order valence-electron chi connectivity index (χ1n) is 8.23. The summed E-state index contributed by atoms with van der Waals surface area (Å²) in [5, 5.41) is 0. The molecule has 0 unspecified atom stereocenters. The highest BCUT2D eigenvalue weighted by molar-refractivity contribution is 14.2. The minimum Gasteiger partial charge on any atom is -0.199 e. The van der Waals surface area contributed by atoms with E-state index >= 15 is 0 Å². The van der Waals surface area contributed by atoms with Gasteiger partial charge in [-0.05, 0) is 67.5 Å². The van der Waals surface area contributed by atoms with Gasteiger partial charge in [0.15, 0.2) is 0 Å². The summed E-state index contributed by atoms with van der Waals surface area (Å²) < 4.78 is 30.5. The zero-order valence-electron chi connectivity index (χ0n) is 15.9. The molecule has 0 heterocycles. The molecule has 2 aromatic carbocycles. The fourth-order valence-corrected chi connectivity index (χ4v) is 7.30. The first-order chi connectivity index (χ1) is 11.4. The van der Waals surface area contributed by atoms with Crippen LogP contribution in [-0.4, -0.2) is 8.42 Å². The first-order valence-corrected chi connectivity index (χ1v) is 11.7. The third kappa shape index (κ3) is 4.56. The van der Waals surface area contributed by atoms with Crippen LogP contribution in [0.4, 0.5) is 0 Å². The molecule has 0 saturated carbocycles. The van der Waals surface area contributed by atoms with Crippen LogP contribution in [0.1, 0.15) is 48.6 Å². The highest BCUT2D eigenvalue weighted by atomic mass is 127. The van der Waals surface area contributed by atoms with Crippen LogP contribution in [0.15, 0.2) is 37.8 Å². The number of rotatable bonds is 3. The Morgan fingerprint density at radius 1 is 0.920 bits per heavy atom. The zero-order chi connectivity index (χ0) is 19.0. The Hall–Kier alpha value is -1.08. The molecule has 0 aliphatic heterocycles. The number of halogens is 1. The fraction of sp³-hybridized carbons (Fsp3) is 0.400. The van der Waals surface area contributed by atoms with Crippen LogP contribution in [0.2, 0.25) is 0 Å². The Kier molecular flexibility index (Phi) is 5.88. The molecule has 0 radical (unpaired) electrons. The standard InChI is InChI=1S/C20H26INO2S/c1-13-8-10-17(11-9-13)25(23,24)22-21-19-16(4)15(3)14(2)12-18(19)20(5,6)7/h8-12H,1-7H3. The summed E-state index contributed by atoms with van der Waals surface area (Å²) in [7, 11) is -3.60. The second-order valence-corrected chi connectivity index (χ2v) is 11.8. The predicted octanol–water partition coefficient (Wildman–Crippen LogP) is 5.93. The van der Waals surface area contributed by atoms with Crippen molar-refractivity contribution < 1.29 is 8.42 Å². The molecule has 5 heteroatoms. The van der Waals surface area contributed by atoms with E-state index in [2.05, 4.69) is 50.2 Å². The van der Waals surface area contributed by atoms with Gasteiger partial charge in [-0.3, -0.25) is 0 Å². The molecule has 136 valence electrons. The number of aryl methyl sites for hydroxylation is 2. The molecule has 0 aliphatic rings. The van der Waals surface area contributed by atoms with E-state index in [1.54, 1.807) is 12.1 Å². The molecule has 3 nitrogen and oxygen atoms in total. The summed E-state index contributed by atoms with van der Waals surface area (Å²) in [6, 6.07) is 9.09. The van der Waals surface area contributed by atoms with E-state index in [1.807, 2.05) is 19.1 Å². The van der Waals surface area contributed by atoms with E-state index in [0.29, 0.717) is 0 Å². The number of nitrogens with zero attached hydrogens (tertiary/aromatic N) is 1. The summed E-state index contributed by atoms with van der Waals surface area (Å²) in [6.07, 6.45) is 0. The summed E-state index contributed by atoms with van der Waals surface area (Å²) in [6.45, 7) is 14.7. The largest absolute Gasteiger partial charge is 0.286 e. The molecule has 0 aromatic heterocycles. The highest BCUT2D eigenvalue weighted by Gasteiger charge is 2.22. The van der Waals surface area contributed by atoms with Crippen molar-refractivity contribution in [1.29, 1.82) is 0 Å². The maximum atomic E-state index is 12.6. The Labute approximate surface area is 162 Å². The summed E-state index contributed by atoms with van der Waals surface area (Å²) in [5.41, 5.74) is 5.86. The maximum Gasteiger partial charge on any atom is 0.286 e. The van der Waals surface area contributed by atoms with Crippen LogP contribution in [0.3, 0.4) is 0 Å². The van der Waals surface area contributed by atoms with Crippen LogP contribution in [-0.2, 0) is 15.4 Å².